The molecule has 2 aromatic heterocycles. The molecule has 1 N–H and O–H groups in total. The van der Waals surface area contributed by atoms with Gasteiger partial charge in [-0.25, -0.2) is 0 Å². The van der Waals surface area contributed by atoms with Gasteiger partial charge in [0, 0.05) is 73.1 Å². The number of likely N-dealkylation sites (tertiary alicyclic amines) is 1. The molecule has 2 aliphatic heterocycles. The number of carbonyl (C=O) groups excluding carboxylic acids is 2. The molecule has 2 amide bonds. The number of aryl methyl sites for hydroxylation is 1. The van der Waals surface area contributed by atoms with Gasteiger partial charge in [0.15, 0.2) is 0 Å². The number of methoxy groups -OCH3 is 1. The number of rotatable bonds is 4. The molecular weight excluding hydrogens is 492 g/mol. The molecule has 0 radical (unpaired) electrons. The van der Waals surface area contributed by atoms with Crippen molar-refractivity contribution in [1.29, 1.82) is 0 Å². The maximum atomic E-state index is 14.1. The van der Waals surface area contributed by atoms with Crippen LogP contribution in [-0.2, 0) is 17.3 Å². The van der Waals surface area contributed by atoms with E-state index in [9.17, 15) is 14.7 Å². The minimum atomic E-state index is -0.389. The fourth-order valence-electron chi connectivity index (χ4n) is 7.40. The third kappa shape index (κ3) is 4.29. The summed E-state index contributed by atoms with van der Waals surface area (Å²) in [6, 6.07) is 9.30. The van der Waals surface area contributed by atoms with Gasteiger partial charge in [-0.1, -0.05) is 19.3 Å². The van der Waals surface area contributed by atoms with E-state index in [4.69, 9.17) is 4.74 Å². The van der Waals surface area contributed by atoms with Gasteiger partial charge in [-0.3, -0.25) is 14.6 Å². The van der Waals surface area contributed by atoms with Gasteiger partial charge in [0.25, 0.3) is 5.91 Å². The second-order valence-corrected chi connectivity index (χ2v) is 11.5. The van der Waals surface area contributed by atoms with E-state index in [0.717, 1.165) is 60.9 Å². The molecule has 0 bridgehead atoms. The van der Waals surface area contributed by atoms with Crippen molar-refractivity contribution < 1.29 is 19.4 Å². The number of aliphatic hydroxyl groups excluding tert-OH is 1. The third-order valence-corrected chi connectivity index (χ3v) is 9.49. The molecule has 1 saturated heterocycles. The molecule has 6 rings (SSSR count). The van der Waals surface area contributed by atoms with Gasteiger partial charge in [0.2, 0.25) is 5.91 Å². The van der Waals surface area contributed by atoms with Crippen LogP contribution < -0.4 is 4.74 Å². The number of carbonyl (C=O) groups is 2. The predicted molar refractivity (Wildman–Crippen MR) is 149 cm³/mol. The SMILES string of the molecule is COc1ccc2c3c(n(C)c2c1)[C@H](CO)N(C(=O)C1CCCCC1)CC31CCN(C(=O)c2ccncc2)CC1. The molecule has 1 atom stereocenters. The average Bonchev–Trinajstić information content (AvgIpc) is 3.30. The molecule has 206 valence electrons. The Morgan fingerprint density at radius 1 is 1.08 bits per heavy atom. The standard InChI is InChI=1S/C31H38N4O4/c1-33-25-18-23(39-2)8-9-24(25)27-28(33)26(19-36)35(30(38)21-6-4-3-5-7-21)20-31(27)12-16-34(17-13-31)29(37)22-10-14-32-15-11-22/h8-11,14-15,18,21,26,36H,3-7,12-13,16-17,19-20H2,1-2H3/t26-/m0/s1. The lowest BCUT2D eigenvalue weighted by atomic mass is 9.67. The molecule has 3 aromatic rings. The second-order valence-electron chi connectivity index (χ2n) is 11.5. The van der Waals surface area contributed by atoms with Gasteiger partial charge in [0.05, 0.1) is 25.3 Å². The van der Waals surface area contributed by atoms with E-state index in [-0.39, 0.29) is 35.8 Å². The molecule has 1 aromatic carbocycles. The molecule has 0 unspecified atom stereocenters. The van der Waals surface area contributed by atoms with Crippen LogP contribution in [0, 0.1) is 5.92 Å². The lowest BCUT2D eigenvalue weighted by Crippen LogP contribution is -2.57. The van der Waals surface area contributed by atoms with Crippen LogP contribution in [0.2, 0.25) is 0 Å². The predicted octanol–water partition coefficient (Wildman–Crippen LogP) is 4.21. The number of aromatic nitrogens is 2. The first-order valence-electron chi connectivity index (χ1n) is 14.2. The van der Waals surface area contributed by atoms with Crippen LogP contribution >= 0.6 is 0 Å². The van der Waals surface area contributed by atoms with E-state index in [1.807, 2.05) is 29.0 Å². The fourth-order valence-corrected chi connectivity index (χ4v) is 7.40. The Bertz CT molecular complexity index is 1370. The largest absolute Gasteiger partial charge is 0.497 e. The zero-order valence-electron chi connectivity index (χ0n) is 22.9. The van der Waals surface area contributed by atoms with Crippen molar-refractivity contribution in [2.45, 2.75) is 56.4 Å². The quantitative estimate of drug-likeness (QED) is 0.546. The summed E-state index contributed by atoms with van der Waals surface area (Å²) in [5, 5.41) is 11.9. The molecule has 39 heavy (non-hydrogen) atoms. The van der Waals surface area contributed by atoms with Crippen LogP contribution in [-0.4, -0.2) is 69.6 Å². The first kappa shape index (κ1) is 25.9. The van der Waals surface area contributed by atoms with Crippen molar-refractivity contribution in [2.24, 2.45) is 13.0 Å². The van der Waals surface area contributed by atoms with E-state index in [0.29, 0.717) is 25.2 Å². The minimum Gasteiger partial charge on any atom is -0.497 e. The molecule has 1 aliphatic carbocycles. The van der Waals surface area contributed by atoms with Crippen LogP contribution in [0.1, 0.15) is 72.6 Å². The molecular formula is C31H38N4O4. The Morgan fingerprint density at radius 3 is 2.46 bits per heavy atom. The summed E-state index contributed by atoms with van der Waals surface area (Å²) in [4.78, 5) is 35.3. The zero-order chi connectivity index (χ0) is 27.1. The number of benzene rings is 1. The van der Waals surface area contributed by atoms with Crippen LogP contribution in [0.5, 0.6) is 5.75 Å². The second kappa shape index (κ2) is 10.3. The molecule has 2 fully saturated rings. The highest BCUT2D eigenvalue weighted by Gasteiger charge is 2.50. The molecule has 1 spiro atoms. The molecule has 8 nitrogen and oxygen atoms in total. The van der Waals surface area contributed by atoms with Gasteiger partial charge in [0.1, 0.15) is 5.75 Å². The molecule has 4 heterocycles. The number of hydrogen-bond acceptors (Lipinski definition) is 5. The smallest absolute Gasteiger partial charge is 0.253 e. The monoisotopic (exact) mass is 530 g/mol. The Balaban J connectivity index is 1.42. The van der Waals surface area contributed by atoms with E-state index in [2.05, 4.69) is 15.6 Å². The number of amides is 2. The summed E-state index contributed by atoms with van der Waals surface area (Å²) in [5.41, 5.74) is 3.64. The number of fused-ring (bicyclic) bond motifs is 4. The van der Waals surface area contributed by atoms with E-state index >= 15 is 0 Å². The van der Waals surface area contributed by atoms with Gasteiger partial charge < -0.3 is 24.2 Å². The number of piperidine rings is 1. The fraction of sp³-hybridized carbons (Fsp3) is 0.516. The first-order chi connectivity index (χ1) is 19.0. The Morgan fingerprint density at radius 2 is 1.79 bits per heavy atom. The van der Waals surface area contributed by atoms with E-state index in [1.54, 1.807) is 31.6 Å². The highest BCUT2D eigenvalue weighted by molar-refractivity contribution is 5.94. The zero-order valence-corrected chi connectivity index (χ0v) is 22.9. The normalized spacial score (nSPS) is 21.3. The van der Waals surface area contributed by atoms with E-state index < -0.39 is 0 Å². The summed E-state index contributed by atoms with van der Waals surface area (Å²) >= 11 is 0. The lowest BCUT2D eigenvalue weighted by Gasteiger charge is -2.51. The maximum Gasteiger partial charge on any atom is 0.253 e. The average molecular weight is 531 g/mol. The summed E-state index contributed by atoms with van der Waals surface area (Å²) < 4.78 is 7.70. The molecule has 8 heteroatoms. The number of pyridine rings is 1. The maximum absolute atomic E-state index is 14.1. The van der Waals surface area contributed by atoms with E-state index in [1.165, 1.54) is 12.0 Å². The van der Waals surface area contributed by atoms with Crippen molar-refractivity contribution in [3.63, 3.8) is 0 Å². The highest BCUT2D eigenvalue weighted by Crippen LogP contribution is 2.50. The highest BCUT2D eigenvalue weighted by atomic mass is 16.5. The van der Waals surface area contributed by atoms with Crippen molar-refractivity contribution in [2.75, 3.05) is 33.4 Å². The van der Waals surface area contributed by atoms with Crippen LogP contribution in [0.25, 0.3) is 10.9 Å². The van der Waals surface area contributed by atoms with Gasteiger partial charge >= 0.3 is 0 Å². The van der Waals surface area contributed by atoms with Crippen molar-refractivity contribution in [3.05, 3.63) is 59.5 Å². The minimum absolute atomic E-state index is 0.0225. The van der Waals surface area contributed by atoms with Crippen LogP contribution in [0.15, 0.2) is 42.7 Å². The summed E-state index contributed by atoms with van der Waals surface area (Å²) in [7, 11) is 3.70. The summed E-state index contributed by atoms with van der Waals surface area (Å²) in [5.74, 6) is 1.00. The van der Waals surface area contributed by atoms with Crippen LogP contribution in [0.3, 0.4) is 0 Å². The number of nitrogens with zero attached hydrogens (tertiary/aromatic N) is 4. The van der Waals surface area contributed by atoms with Gasteiger partial charge in [-0.15, -0.1) is 0 Å². The number of hydrogen-bond donors (Lipinski definition) is 1. The van der Waals surface area contributed by atoms with Crippen molar-refractivity contribution in [1.82, 2.24) is 19.4 Å². The molecule has 1 saturated carbocycles. The lowest BCUT2D eigenvalue weighted by molar-refractivity contribution is -0.143. The van der Waals surface area contributed by atoms with Crippen LogP contribution in [0.4, 0.5) is 0 Å². The summed E-state index contributed by atoms with van der Waals surface area (Å²) in [6.07, 6.45) is 10.0. The first-order valence-corrected chi connectivity index (χ1v) is 14.2. The third-order valence-electron chi connectivity index (χ3n) is 9.49. The number of aliphatic hydroxyl groups is 1. The Kier molecular flexibility index (Phi) is 6.83. The topological polar surface area (TPSA) is 87.9 Å². The van der Waals surface area contributed by atoms with Crippen molar-refractivity contribution in [3.8, 4) is 5.75 Å². The Labute approximate surface area is 229 Å². The van der Waals surface area contributed by atoms with Gasteiger partial charge in [-0.2, -0.15) is 0 Å². The van der Waals surface area contributed by atoms with Gasteiger partial charge in [-0.05, 0) is 55.5 Å². The van der Waals surface area contributed by atoms with Crippen molar-refractivity contribution >= 4 is 22.7 Å². The Hall–Kier alpha value is -3.39. The summed E-state index contributed by atoms with van der Waals surface area (Å²) in [6.45, 7) is 1.68. The molecule has 3 aliphatic rings. The number of ether oxygens (including phenoxy) is 1.